The largest absolute Gasteiger partial charge is 0.326 e. The molecule has 1 saturated carbocycles. The number of thioether (sulfide) groups is 1. The van der Waals surface area contributed by atoms with Gasteiger partial charge >= 0.3 is 0 Å². The molecule has 0 aromatic carbocycles. The fourth-order valence-electron chi connectivity index (χ4n) is 2.01. The van der Waals surface area contributed by atoms with Gasteiger partial charge in [-0.05, 0) is 24.0 Å². The van der Waals surface area contributed by atoms with Gasteiger partial charge in [-0.3, -0.25) is 0 Å². The zero-order valence-electron chi connectivity index (χ0n) is 8.47. The lowest BCUT2D eigenvalue weighted by Gasteiger charge is -2.41. The molecule has 0 spiro atoms. The van der Waals surface area contributed by atoms with Crippen LogP contribution in [0.1, 0.15) is 40.0 Å². The van der Waals surface area contributed by atoms with E-state index in [1.54, 1.807) is 0 Å². The first-order chi connectivity index (χ1) is 5.58. The summed E-state index contributed by atoms with van der Waals surface area (Å²) in [6.45, 7) is 6.83. The molecule has 1 rings (SSSR count). The van der Waals surface area contributed by atoms with Crippen molar-refractivity contribution < 1.29 is 0 Å². The average Bonchev–Trinajstić information content (AvgIpc) is 1.99. The second-order valence-electron chi connectivity index (χ2n) is 4.40. The van der Waals surface area contributed by atoms with Gasteiger partial charge in [0, 0.05) is 11.3 Å². The molecule has 2 N–H and O–H groups in total. The van der Waals surface area contributed by atoms with Crippen LogP contribution in [0.2, 0.25) is 0 Å². The number of rotatable bonds is 2. The van der Waals surface area contributed by atoms with Crippen molar-refractivity contribution in [3.05, 3.63) is 0 Å². The standard InChI is InChI=1S/C10H21NS/c1-4-12-8-6-5-7-10(2,3)9(8)11/h8-9H,4-7,11H2,1-3H3. The molecule has 0 heterocycles. The highest BCUT2D eigenvalue weighted by Crippen LogP contribution is 2.39. The van der Waals surface area contributed by atoms with E-state index >= 15 is 0 Å². The van der Waals surface area contributed by atoms with E-state index in [4.69, 9.17) is 5.73 Å². The minimum absolute atomic E-state index is 0.366. The van der Waals surface area contributed by atoms with Crippen LogP contribution in [0.15, 0.2) is 0 Å². The summed E-state index contributed by atoms with van der Waals surface area (Å²) in [5, 5.41) is 0.707. The van der Waals surface area contributed by atoms with E-state index in [9.17, 15) is 0 Å². The molecule has 1 aliphatic carbocycles. The smallest absolute Gasteiger partial charge is 0.0211 e. The number of nitrogens with two attached hydrogens (primary N) is 1. The van der Waals surface area contributed by atoms with Gasteiger partial charge in [-0.25, -0.2) is 0 Å². The molecule has 0 radical (unpaired) electrons. The van der Waals surface area contributed by atoms with Crippen molar-refractivity contribution in [3.63, 3.8) is 0 Å². The van der Waals surface area contributed by atoms with Crippen LogP contribution in [-0.2, 0) is 0 Å². The maximum Gasteiger partial charge on any atom is 0.0211 e. The van der Waals surface area contributed by atoms with E-state index in [1.807, 2.05) is 11.8 Å². The van der Waals surface area contributed by atoms with Crippen LogP contribution in [0.4, 0.5) is 0 Å². The molecular formula is C10H21NS. The zero-order valence-corrected chi connectivity index (χ0v) is 9.29. The predicted octanol–water partition coefficient (Wildman–Crippen LogP) is 2.65. The van der Waals surface area contributed by atoms with Crippen LogP contribution in [-0.4, -0.2) is 17.0 Å². The molecule has 2 atom stereocenters. The molecule has 1 fully saturated rings. The highest BCUT2D eigenvalue weighted by atomic mass is 32.2. The van der Waals surface area contributed by atoms with Crippen LogP contribution in [0.5, 0.6) is 0 Å². The van der Waals surface area contributed by atoms with Gasteiger partial charge in [0.2, 0.25) is 0 Å². The predicted molar refractivity (Wildman–Crippen MR) is 57.5 cm³/mol. The third kappa shape index (κ3) is 2.17. The molecule has 2 heteroatoms. The van der Waals surface area contributed by atoms with Crippen molar-refractivity contribution in [2.45, 2.75) is 51.3 Å². The molecule has 0 bridgehead atoms. The highest BCUT2D eigenvalue weighted by Gasteiger charge is 2.35. The van der Waals surface area contributed by atoms with Gasteiger partial charge in [0.15, 0.2) is 0 Å². The minimum atomic E-state index is 0.366. The lowest BCUT2D eigenvalue weighted by Crippen LogP contribution is -2.48. The van der Waals surface area contributed by atoms with E-state index in [-0.39, 0.29) is 0 Å². The van der Waals surface area contributed by atoms with Crippen molar-refractivity contribution in [2.24, 2.45) is 11.1 Å². The molecule has 1 nitrogen and oxygen atoms in total. The second-order valence-corrected chi connectivity index (χ2v) is 5.92. The summed E-state index contributed by atoms with van der Waals surface area (Å²) in [4.78, 5) is 0. The normalized spacial score (nSPS) is 35.0. The molecule has 0 amide bonds. The Hall–Kier alpha value is 0.310. The van der Waals surface area contributed by atoms with Crippen molar-refractivity contribution in [1.29, 1.82) is 0 Å². The molecule has 0 aromatic rings. The number of hydrogen-bond donors (Lipinski definition) is 1. The van der Waals surface area contributed by atoms with Crippen LogP contribution < -0.4 is 5.73 Å². The molecule has 0 saturated heterocycles. The Balaban J connectivity index is 2.54. The van der Waals surface area contributed by atoms with E-state index in [0.717, 1.165) is 0 Å². The summed E-state index contributed by atoms with van der Waals surface area (Å²) >= 11 is 2.04. The van der Waals surface area contributed by atoms with E-state index in [2.05, 4.69) is 20.8 Å². The maximum atomic E-state index is 6.22. The van der Waals surface area contributed by atoms with E-state index in [1.165, 1.54) is 25.0 Å². The average molecular weight is 187 g/mol. The van der Waals surface area contributed by atoms with Crippen LogP contribution >= 0.6 is 11.8 Å². The Labute approximate surface area is 80.5 Å². The summed E-state index contributed by atoms with van der Waals surface area (Å²) in [7, 11) is 0. The van der Waals surface area contributed by atoms with Crippen molar-refractivity contribution in [1.82, 2.24) is 0 Å². The SMILES string of the molecule is CCSC1CCCC(C)(C)C1N. The minimum Gasteiger partial charge on any atom is -0.326 e. The van der Waals surface area contributed by atoms with Crippen LogP contribution in [0.3, 0.4) is 0 Å². The van der Waals surface area contributed by atoms with Gasteiger partial charge in [0.25, 0.3) is 0 Å². The molecule has 0 aromatic heterocycles. The second kappa shape index (κ2) is 4.01. The molecule has 12 heavy (non-hydrogen) atoms. The molecule has 0 aliphatic heterocycles. The van der Waals surface area contributed by atoms with Crippen molar-refractivity contribution in [2.75, 3.05) is 5.75 Å². The first-order valence-corrected chi connectivity index (χ1v) is 6.00. The van der Waals surface area contributed by atoms with Crippen molar-refractivity contribution >= 4 is 11.8 Å². The van der Waals surface area contributed by atoms with Gasteiger partial charge in [0.05, 0.1) is 0 Å². The molecule has 1 aliphatic rings. The topological polar surface area (TPSA) is 26.0 Å². The lowest BCUT2D eigenvalue weighted by atomic mass is 9.73. The first-order valence-electron chi connectivity index (χ1n) is 4.95. The Bertz CT molecular complexity index is 143. The van der Waals surface area contributed by atoms with Crippen molar-refractivity contribution in [3.8, 4) is 0 Å². The third-order valence-corrected chi connectivity index (χ3v) is 4.28. The fraction of sp³-hybridized carbons (Fsp3) is 1.00. The number of hydrogen-bond acceptors (Lipinski definition) is 2. The molecule has 72 valence electrons. The Morgan fingerprint density at radius 1 is 1.50 bits per heavy atom. The van der Waals surface area contributed by atoms with Gasteiger partial charge in [-0.15, -0.1) is 0 Å². The van der Waals surface area contributed by atoms with E-state index in [0.29, 0.717) is 16.7 Å². The fourth-order valence-corrected chi connectivity index (χ4v) is 3.35. The highest BCUT2D eigenvalue weighted by molar-refractivity contribution is 7.99. The molecule has 2 unspecified atom stereocenters. The summed E-state index contributed by atoms with van der Waals surface area (Å²) in [5.74, 6) is 1.20. The van der Waals surface area contributed by atoms with E-state index < -0.39 is 0 Å². The summed E-state index contributed by atoms with van der Waals surface area (Å²) < 4.78 is 0. The molecular weight excluding hydrogens is 166 g/mol. The summed E-state index contributed by atoms with van der Waals surface area (Å²) in [5.41, 5.74) is 6.59. The maximum absolute atomic E-state index is 6.22. The quantitative estimate of drug-likeness (QED) is 0.719. The van der Waals surface area contributed by atoms with Crippen LogP contribution in [0.25, 0.3) is 0 Å². The Morgan fingerprint density at radius 3 is 2.75 bits per heavy atom. The Morgan fingerprint density at radius 2 is 2.17 bits per heavy atom. The zero-order chi connectivity index (χ0) is 9.19. The Kier molecular flexibility index (Phi) is 3.47. The van der Waals surface area contributed by atoms with Gasteiger partial charge in [-0.1, -0.05) is 27.2 Å². The van der Waals surface area contributed by atoms with Gasteiger partial charge < -0.3 is 5.73 Å². The lowest BCUT2D eigenvalue weighted by molar-refractivity contribution is 0.209. The summed E-state index contributed by atoms with van der Waals surface area (Å²) in [6, 6.07) is 0.399. The van der Waals surface area contributed by atoms with Crippen LogP contribution in [0, 0.1) is 5.41 Å². The monoisotopic (exact) mass is 187 g/mol. The third-order valence-electron chi connectivity index (χ3n) is 2.99. The first kappa shape index (κ1) is 10.4. The van der Waals surface area contributed by atoms with Gasteiger partial charge in [0.1, 0.15) is 0 Å². The summed E-state index contributed by atoms with van der Waals surface area (Å²) in [6.07, 6.45) is 3.98. The van der Waals surface area contributed by atoms with Gasteiger partial charge in [-0.2, -0.15) is 11.8 Å².